The Morgan fingerprint density at radius 1 is 0.303 bits per heavy atom. The van der Waals surface area contributed by atoms with E-state index in [1.54, 1.807) is 0 Å². The van der Waals surface area contributed by atoms with Gasteiger partial charge in [0.05, 0.1) is 0 Å². The third-order valence-electron chi connectivity index (χ3n) is 12.9. The van der Waals surface area contributed by atoms with Crippen molar-refractivity contribution in [2.45, 2.75) is 316 Å². The number of ether oxygens (including phenoxy) is 3. The average Bonchev–Trinajstić information content (AvgIpc) is 3.31. The molecule has 1 atom stereocenters. The van der Waals surface area contributed by atoms with E-state index in [0.717, 1.165) is 83.5 Å². The molecule has 0 rings (SSSR count). The van der Waals surface area contributed by atoms with Gasteiger partial charge in [0.25, 0.3) is 0 Å². The maximum atomic E-state index is 12.8. The summed E-state index contributed by atoms with van der Waals surface area (Å²) in [5, 5.41) is 0. The van der Waals surface area contributed by atoms with E-state index < -0.39 is 6.10 Å². The summed E-state index contributed by atoms with van der Waals surface area (Å²) < 4.78 is 16.8. The number of carbonyl (C=O) groups is 3. The summed E-state index contributed by atoms with van der Waals surface area (Å²) in [7, 11) is 0. The van der Waals surface area contributed by atoms with E-state index >= 15 is 0 Å². The van der Waals surface area contributed by atoms with Crippen LogP contribution in [0.15, 0.2) is 36.5 Å². The summed E-state index contributed by atoms with van der Waals surface area (Å²) in [6.07, 6.45) is 65.9. The van der Waals surface area contributed by atoms with Gasteiger partial charge in [-0.2, -0.15) is 0 Å². The van der Waals surface area contributed by atoms with E-state index in [9.17, 15) is 14.4 Å². The molecular weight excluding hydrogens is 817 g/mol. The zero-order chi connectivity index (χ0) is 47.9. The van der Waals surface area contributed by atoms with E-state index in [2.05, 4.69) is 57.2 Å². The quantitative estimate of drug-likeness (QED) is 0.0262. The normalized spacial score (nSPS) is 12.2. The lowest BCUT2D eigenvalue weighted by atomic mass is 10.0. The molecule has 386 valence electrons. The van der Waals surface area contributed by atoms with Crippen molar-refractivity contribution in [2.24, 2.45) is 0 Å². The van der Waals surface area contributed by atoms with Gasteiger partial charge in [0.2, 0.25) is 0 Å². The van der Waals surface area contributed by atoms with Crippen LogP contribution in [-0.2, 0) is 28.6 Å². The molecule has 0 aromatic rings. The number of esters is 3. The molecule has 0 N–H and O–H groups in total. The Labute approximate surface area is 410 Å². The largest absolute Gasteiger partial charge is 0.462 e. The molecular formula is C60H110O6. The van der Waals surface area contributed by atoms with Crippen LogP contribution in [0.1, 0.15) is 310 Å². The van der Waals surface area contributed by atoms with E-state index in [1.165, 1.54) is 186 Å². The molecule has 66 heavy (non-hydrogen) atoms. The maximum Gasteiger partial charge on any atom is 0.306 e. The Morgan fingerprint density at radius 2 is 0.545 bits per heavy atom. The van der Waals surface area contributed by atoms with Crippen LogP contribution < -0.4 is 0 Å². The van der Waals surface area contributed by atoms with Crippen molar-refractivity contribution in [2.75, 3.05) is 13.2 Å². The monoisotopic (exact) mass is 927 g/mol. The zero-order valence-electron chi connectivity index (χ0n) is 44.2. The summed E-state index contributed by atoms with van der Waals surface area (Å²) in [5.74, 6) is -0.880. The van der Waals surface area contributed by atoms with Crippen LogP contribution in [-0.4, -0.2) is 37.2 Å². The van der Waals surface area contributed by atoms with Crippen LogP contribution in [0.5, 0.6) is 0 Å². The van der Waals surface area contributed by atoms with Gasteiger partial charge in [0.1, 0.15) is 13.2 Å². The lowest BCUT2D eigenvalue weighted by Crippen LogP contribution is -2.30. The average molecular weight is 928 g/mol. The second-order valence-electron chi connectivity index (χ2n) is 19.6. The number of hydrogen-bond acceptors (Lipinski definition) is 6. The first kappa shape index (κ1) is 63.6. The van der Waals surface area contributed by atoms with E-state index in [4.69, 9.17) is 14.2 Å². The molecule has 0 aliphatic heterocycles. The van der Waals surface area contributed by atoms with E-state index in [1.807, 2.05) is 0 Å². The highest BCUT2D eigenvalue weighted by atomic mass is 16.6. The topological polar surface area (TPSA) is 78.9 Å². The van der Waals surface area contributed by atoms with Crippen molar-refractivity contribution in [3.8, 4) is 0 Å². The molecule has 0 spiro atoms. The molecule has 6 heteroatoms. The summed E-state index contributed by atoms with van der Waals surface area (Å²) >= 11 is 0. The van der Waals surface area contributed by atoms with Crippen molar-refractivity contribution >= 4 is 17.9 Å². The summed E-state index contributed by atoms with van der Waals surface area (Å²) in [5.41, 5.74) is 0. The van der Waals surface area contributed by atoms with Crippen molar-refractivity contribution in [1.29, 1.82) is 0 Å². The van der Waals surface area contributed by atoms with Crippen LogP contribution in [0.4, 0.5) is 0 Å². The molecule has 0 bridgehead atoms. The molecule has 6 nitrogen and oxygen atoms in total. The summed E-state index contributed by atoms with van der Waals surface area (Å²) in [6.45, 7) is 6.60. The Hall–Kier alpha value is -2.37. The van der Waals surface area contributed by atoms with E-state index in [0.29, 0.717) is 19.3 Å². The number of rotatable bonds is 53. The summed E-state index contributed by atoms with van der Waals surface area (Å²) in [6, 6.07) is 0. The third-order valence-corrected chi connectivity index (χ3v) is 12.9. The molecule has 0 heterocycles. The molecule has 0 saturated heterocycles. The fourth-order valence-electron chi connectivity index (χ4n) is 8.47. The highest BCUT2D eigenvalue weighted by Gasteiger charge is 2.19. The van der Waals surface area contributed by atoms with Gasteiger partial charge in [0.15, 0.2) is 6.10 Å². The predicted molar refractivity (Wildman–Crippen MR) is 284 cm³/mol. The number of unbranched alkanes of at least 4 members (excludes halogenated alkanes) is 36. The van der Waals surface area contributed by atoms with Crippen LogP contribution in [0.25, 0.3) is 0 Å². The van der Waals surface area contributed by atoms with Crippen molar-refractivity contribution in [1.82, 2.24) is 0 Å². The minimum absolute atomic E-state index is 0.0748. The second-order valence-corrected chi connectivity index (χ2v) is 19.6. The molecule has 0 aliphatic rings. The predicted octanol–water partition coefficient (Wildman–Crippen LogP) is 19.3. The zero-order valence-corrected chi connectivity index (χ0v) is 44.2. The van der Waals surface area contributed by atoms with Gasteiger partial charge in [-0.1, -0.05) is 250 Å². The smallest absolute Gasteiger partial charge is 0.306 e. The Bertz CT molecular complexity index is 1110. The summed E-state index contributed by atoms with van der Waals surface area (Å²) in [4.78, 5) is 37.9. The fourth-order valence-corrected chi connectivity index (χ4v) is 8.47. The number of allylic oxidation sites excluding steroid dienone is 6. The maximum absolute atomic E-state index is 12.8. The Kier molecular flexibility index (Phi) is 53.2. The standard InChI is InChI=1S/C60H110O6/c1-4-7-10-13-16-19-21-23-25-26-27-28-29-30-31-32-33-34-36-37-39-41-44-47-50-53-59(62)65-56-57(55-64-58(61)52-49-46-43-18-15-12-9-6-3)66-60(63)54-51-48-45-42-40-38-35-24-22-20-17-14-11-8-5-2/h17,20,24,26-27,35,57H,4-16,18-19,21-23,25,28-34,36-56H2,1-3H3/b20-17-,27-26-,35-24-. The molecule has 0 aliphatic carbocycles. The van der Waals surface area contributed by atoms with Crippen molar-refractivity contribution in [3.05, 3.63) is 36.5 Å². The Balaban J connectivity index is 4.15. The van der Waals surface area contributed by atoms with Crippen LogP contribution in [0, 0.1) is 0 Å². The minimum atomic E-state index is -0.775. The van der Waals surface area contributed by atoms with Gasteiger partial charge in [-0.25, -0.2) is 0 Å². The van der Waals surface area contributed by atoms with Crippen LogP contribution >= 0.6 is 0 Å². The molecule has 0 saturated carbocycles. The first-order valence-corrected chi connectivity index (χ1v) is 29.0. The van der Waals surface area contributed by atoms with Gasteiger partial charge < -0.3 is 14.2 Å². The van der Waals surface area contributed by atoms with Gasteiger partial charge in [-0.05, 0) is 77.0 Å². The molecule has 0 amide bonds. The number of hydrogen-bond donors (Lipinski definition) is 0. The van der Waals surface area contributed by atoms with Crippen LogP contribution in [0.3, 0.4) is 0 Å². The van der Waals surface area contributed by atoms with E-state index in [-0.39, 0.29) is 31.1 Å². The lowest BCUT2D eigenvalue weighted by molar-refractivity contribution is -0.167. The minimum Gasteiger partial charge on any atom is -0.462 e. The SMILES string of the molecule is CCCCC/C=C\C/C=C\CCCCCCCC(=O)OC(COC(=O)CCCCCCCCCC)COC(=O)CCCCCCCCCCCCCCC/C=C\CCCCCCCCCC. The first-order chi connectivity index (χ1) is 32.5. The molecule has 0 radical (unpaired) electrons. The fraction of sp³-hybridized carbons (Fsp3) is 0.850. The second kappa shape index (κ2) is 55.2. The Morgan fingerprint density at radius 3 is 0.879 bits per heavy atom. The van der Waals surface area contributed by atoms with Crippen molar-refractivity contribution in [3.63, 3.8) is 0 Å². The van der Waals surface area contributed by atoms with Gasteiger partial charge >= 0.3 is 17.9 Å². The molecule has 1 unspecified atom stereocenters. The number of carbonyl (C=O) groups excluding carboxylic acids is 3. The third kappa shape index (κ3) is 52.6. The van der Waals surface area contributed by atoms with Gasteiger partial charge in [0, 0.05) is 19.3 Å². The van der Waals surface area contributed by atoms with Crippen LogP contribution in [0.2, 0.25) is 0 Å². The highest BCUT2D eigenvalue weighted by molar-refractivity contribution is 5.71. The highest BCUT2D eigenvalue weighted by Crippen LogP contribution is 2.16. The van der Waals surface area contributed by atoms with Crippen molar-refractivity contribution < 1.29 is 28.6 Å². The van der Waals surface area contributed by atoms with Gasteiger partial charge in [-0.15, -0.1) is 0 Å². The molecule has 0 fully saturated rings. The molecule has 0 aromatic heterocycles. The lowest BCUT2D eigenvalue weighted by Gasteiger charge is -2.18. The van der Waals surface area contributed by atoms with Gasteiger partial charge in [-0.3, -0.25) is 14.4 Å². The first-order valence-electron chi connectivity index (χ1n) is 29.0. The molecule has 0 aromatic carbocycles.